The molecule has 0 saturated heterocycles. The standard InChI is InChI=1S/C17H17Cl2N5OS/c1-9-6-10(2)24-16(20-9)22-17(23-24)26-8-15(25)21-11(3)12-4-5-13(18)14(19)7-12/h4-7,11H,8H2,1-3H3,(H,21,25)/t11-/m1/s1. The van der Waals surface area contributed by atoms with Crippen LogP contribution in [0.1, 0.15) is 29.9 Å². The third-order valence-electron chi connectivity index (χ3n) is 3.75. The largest absolute Gasteiger partial charge is 0.349 e. The van der Waals surface area contributed by atoms with E-state index in [-0.39, 0.29) is 17.7 Å². The maximum absolute atomic E-state index is 12.2. The number of benzene rings is 1. The molecule has 0 radical (unpaired) electrons. The van der Waals surface area contributed by atoms with E-state index in [0.717, 1.165) is 17.0 Å². The second-order valence-electron chi connectivity index (χ2n) is 5.90. The van der Waals surface area contributed by atoms with Crippen LogP contribution >= 0.6 is 35.0 Å². The summed E-state index contributed by atoms with van der Waals surface area (Å²) in [5.41, 5.74) is 2.72. The Hall–Kier alpha value is -1.83. The fraction of sp³-hybridized carbons (Fsp3) is 0.294. The number of hydrogen-bond donors (Lipinski definition) is 1. The number of nitrogens with one attached hydrogen (secondary N) is 1. The summed E-state index contributed by atoms with van der Waals surface area (Å²) in [7, 11) is 0. The summed E-state index contributed by atoms with van der Waals surface area (Å²) in [5, 5.41) is 8.77. The van der Waals surface area contributed by atoms with Crippen molar-refractivity contribution in [3.63, 3.8) is 0 Å². The number of aryl methyl sites for hydroxylation is 2. The first-order valence-electron chi connectivity index (χ1n) is 7.91. The number of carbonyl (C=O) groups is 1. The zero-order valence-corrected chi connectivity index (χ0v) is 16.8. The van der Waals surface area contributed by atoms with Crippen molar-refractivity contribution in [1.82, 2.24) is 24.9 Å². The van der Waals surface area contributed by atoms with Crippen LogP contribution in [0.3, 0.4) is 0 Å². The quantitative estimate of drug-likeness (QED) is 0.644. The molecule has 6 nitrogen and oxygen atoms in total. The number of aromatic nitrogens is 4. The van der Waals surface area contributed by atoms with E-state index in [1.807, 2.05) is 32.9 Å². The summed E-state index contributed by atoms with van der Waals surface area (Å²) in [5.74, 6) is 0.628. The number of halogens is 2. The molecule has 3 aromatic rings. The minimum absolute atomic E-state index is 0.117. The van der Waals surface area contributed by atoms with Crippen LogP contribution < -0.4 is 5.32 Å². The van der Waals surface area contributed by atoms with Crippen molar-refractivity contribution >= 4 is 46.6 Å². The lowest BCUT2D eigenvalue weighted by Gasteiger charge is -2.14. The Labute approximate surface area is 165 Å². The molecule has 0 aliphatic heterocycles. The van der Waals surface area contributed by atoms with E-state index in [0.29, 0.717) is 21.0 Å². The molecule has 26 heavy (non-hydrogen) atoms. The first-order chi connectivity index (χ1) is 12.3. The summed E-state index contributed by atoms with van der Waals surface area (Å²) in [4.78, 5) is 20.9. The highest BCUT2D eigenvalue weighted by molar-refractivity contribution is 7.99. The highest BCUT2D eigenvalue weighted by Gasteiger charge is 2.14. The lowest BCUT2D eigenvalue weighted by molar-refractivity contribution is -0.119. The Morgan fingerprint density at radius 1 is 1.23 bits per heavy atom. The smallest absolute Gasteiger partial charge is 0.253 e. The van der Waals surface area contributed by atoms with Gasteiger partial charge in [0, 0.05) is 11.4 Å². The highest BCUT2D eigenvalue weighted by Crippen LogP contribution is 2.25. The minimum atomic E-state index is -0.182. The van der Waals surface area contributed by atoms with Crippen LogP contribution in [0.15, 0.2) is 29.4 Å². The van der Waals surface area contributed by atoms with Crippen LogP contribution in [-0.2, 0) is 4.79 Å². The Morgan fingerprint density at radius 3 is 2.73 bits per heavy atom. The van der Waals surface area contributed by atoms with Crippen LogP contribution in [0, 0.1) is 13.8 Å². The van der Waals surface area contributed by atoms with Gasteiger partial charge >= 0.3 is 0 Å². The number of carbonyl (C=O) groups excluding carboxylic acids is 1. The van der Waals surface area contributed by atoms with Crippen molar-refractivity contribution in [1.29, 1.82) is 0 Å². The normalized spacial score (nSPS) is 12.3. The topological polar surface area (TPSA) is 72.2 Å². The van der Waals surface area contributed by atoms with Gasteiger partial charge in [0.15, 0.2) is 0 Å². The Balaban J connectivity index is 1.61. The van der Waals surface area contributed by atoms with Gasteiger partial charge in [-0.25, -0.2) is 9.50 Å². The van der Waals surface area contributed by atoms with Gasteiger partial charge < -0.3 is 5.32 Å². The summed E-state index contributed by atoms with van der Waals surface area (Å²) in [6.07, 6.45) is 0. The fourth-order valence-corrected chi connectivity index (χ4v) is 3.42. The van der Waals surface area contributed by atoms with Crippen molar-refractivity contribution < 1.29 is 4.79 Å². The predicted molar refractivity (Wildman–Crippen MR) is 104 cm³/mol. The third-order valence-corrected chi connectivity index (χ3v) is 5.33. The molecule has 3 rings (SSSR count). The number of thioether (sulfide) groups is 1. The zero-order valence-electron chi connectivity index (χ0n) is 14.5. The first kappa shape index (κ1) is 18.9. The highest BCUT2D eigenvalue weighted by atomic mass is 35.5. The van der Waals surface area contributed by atoms with E-state index >= 15 is 0 Å². The van der Waals surface area contributed by atoms with E-state index < -0.39 is 0 Å². The summed E-state index contributed by atoms with van der Waals surface area (Å²) in [6, 6.07) is 7.06. The van der Waals surface area contributed by atoms with Crippen LogP contribution in [0.4, 0.5) is 0 Å². The number of amides is 1. The van der Waals surface area contributed by atoms with Gasteiger partial charge in [-0.3, -0.25) is 4.79 Å². The van der Waals surface area contributed by atoms with E-state index in [4.69, 9.17) is 23.2 Å². The molecule has 2 aromatic heterocycles. The maximum Gasteiger partial charge on any atom is 0.253 e. The van der Waals surface area contributed by atoms with Crippen LogP contribution in [-0.4, -0.2) is 31.2 Å². The number of rotatable bonds is 5. The molecule has 0 fully saturated rings. The van der Waals surface area contributed by atoms with Gasteiger partial charge in [0.25, 0.3) is 5.78 Å². The van der Waals surface area contributed by atoms with Gasteiger partial charge in [-0.15, -0.1) is 5.10 Å². The van der Waals surface area contributed by atoms with Crippen molar-refractivity contribution in [2.45, 2.75) is 32.0 Å². The monoisotopic (exact) mass is 409 g/mol. The van der Waals surface area contributed by atoms with Gasteiger partial charge in [0.2, 0.25) is 11.1 Å². The molecule has 1 N–H and O–H groups in total. The molecule has 0 spiro atoms. The SMILES string of the molecule is Cc1cc(C)n2nc(SCC(=O)N[C@H](C)c3ccc(Cl)c(Cl)c3)nc2n1. The molecule has 0 aliphatic rings. The van der Waals surface area contributed by atoms with E-state index in [2.05, 4.69) is 20.4 Å². The lowest BCUT2D eigenvalue weighted by Crippen LogP contribution is -2.28. The lowest BCUT2D eigenvalue weighted by atomic mass is 10.1. The van der Waals surface area contributed by atoms with Crippen molar-refractivity contribution in [2.24, 2.45) is 0 Å². The Bertz CT molecular complexity index is 975. The van der Waals surface area contributed by atoms with Gasteiger partial charge in [-0.05, 0) is 44.5 Å². The van der Waals surface area contributed by atoms with Crippen molar-refractivity contribution in [2.75, 3.05) is 5.75 Å². The first-order valence-corrected chi connectivity index (χ1v) is 9.66. The molecule has 9 heteroatoms. The second kappa shape index (κ2) is 7.82. The zero-order chi connectivity index (χ0) is 18.8. The number of nitrogens with zero attached hydrogens (tertiary/aromatic N) is 4. The van der Waals surface area contributed by atoms with E-state index in [1.54, 1.807) is 16.6 Å². The molecule has 0 bridgehead atoms. The van der Waals surface area contributed by atoms with Gasteiger partial charge in [-0.2, -0.15) is 4.98 Å². The molecule has 0 unspecified atom stereocenters. The van der Waals surface area contributed by atoms with Gasteiger partial charge in [0.1, 0.15) is 0 Å². The second-order valence-corrected chi connectivity index (χ2v) is 7.65. The third kappa shape index (κ3) is 4.28. The van der Waals surface area contributed by atoms with Gasteiger partial charge in [-0.1, -0.05) is 41.0 Å². The fourth-order valence-electron chi connectivity index (χ4n) is 2.49. The molecular formula is C17H17Cl2N5OS. The minimum Gasteiger partial charge on any atom is -0.349 e. The average Bonchev–Trinajstić information content (AvgIpc) is 2.98. The molecule has 0 saturated carbocycles. The molecule has 0 aliphatic carbocycles. The van der Waals surface area contributed by atoms with Gasteiger partial charge in [0.05, 0.1) is 21.8 Å². The van der Waals surface area contributed by atoms with Crippen LogP contribution in [0.25, 0.3) is 5.78 Å². The van der Waals surface area contributed by atoms with Crippen molar-refractivity contribution in [3.8, 4) is 0 Å². The average molecular weight is 410 g/mol. The van der Waals surface area contributed by atoms with Crippen LogP contribution in [0.5, 0.6) is 0 Å². The summed E-state index contributed by atoms with van der Waals surface area (Å²) < 4.78 is 1.67. The molecule has 1 aromatic carbocycles. The maximum atomic E-state index is 12.2. The van der Waals surface area contributed by atoms with E-state index in [1.165, 1.54) is 11.8 Å². The summed E-state index contributed by atoms with van der Waals surface area (Å²) in [6.45, 7) is 5.74. The molecule has 2 heterocycles. The molecule has 1 amide bonds. The number of hydrogen-bond acceptors (Lipinski definition) is 5. The summed E-state index contributed by atoms with van der Waals surface area (Å²) >= 11 is 13.2. The Morgan fingerprint density at radius 2 is 2.00 bits per heavy atom. The number of fused-ring (bicyclic) bond motifs is 1. The Kier molecular flexibility index (Phi) is 5.70. The predicted octanol–water partition coefficient (Wildman–Crippen LogP) is 4.02. The van der Waals surface area contributed by atoms with E-state index in [9.17, 15) is 4.79 Å². The molecule has 1 atom stereocenters. The van der Waals surface area contributed by atoms with Crippen LogP contribution in [0.2, 0.25) is 10.0 Å². The van der Waals surface area contributed by atoms with Crippen molar-refractivity contribution in [3.05, 3.63) is 51.3 Å². The molecular weight excluding hydrogens is 393 g/mol. The molecule has 136 valence electrons.